The molecule has 0 radical (unpaired) electrons. The third-order valence-corrected chi connectivity index (χ3v) is 1.65. The van der Waals surface area contributed by atoms with Gasteiger partial charge in [-0.25, -0.2) is 4.79 Å². The monoisotopic (exact) mass is 254 g/mol. The first kappa shape index (κ1) is 16.0. The molecule has 0 atom stereocenters. The molecule has 0 amide bonds. The topological polar surface area (TPSA) is 61.8 Å². The molecule has 1 aromatic rings. The first-order valence-corrected chi connectivity index (χ1v) is 5.60. The molecule has 5 nitrogen and oxygen atoms in total. The summed E-state index contributed by atoms with van der Waals surface area (Å²) >= 11 is 0. The van der Waals surface area contributed by atoms with E-state index in [0.29, 0.717) is 11.5 Å². The zero-order valence-electron chi connectivity index (χ0n) is 11.1. The summed E-state index contributed by atoms with van der Waals surface area (Å²) in [5.74, 6) is -0.0815. The number of benzene rings is 1. The molecule has 1 aromatic carbocycles. The molecular formula is C13H18O5. The third-order valence-electron chi connectivity index (χ3n) is 1.65. The van der Waals surface area contributed by atoms with Gasteiger partial charge in [-0.1, -0.05) is 19.9 Å². The van der Waals surface area contributed by atoms with Crippen LogP contribution in [-0.4, -0.2) is 25.7 Å². The largest absolute Gasteiger partial charge is 0.482 e. The Labute approximate surface area is 107 Å². The van der Waals surface area contributed by atoms with Crippen molar-refractivity contribution < 1.29 is 23.8 Å². The second-order valence-corrected chi connectivity index (χ2v) is 2.93. The highest BCUT2D eigenvalue weighted by Gasteiger charge is 2.03. The van der Waals surface area contributed by atoms with Gasteiger partial charge in [0.15, 0.2) is 6.61 Å². The third kappa shape index (κ3) is 6.52. The number of esters is 2. The fraction of sp³-hybridized carbons (Fsp3) is 0.385. The molecule has 0 saturated carbocycles. The van der Waals surface area contributed by atoms with E-state index in [-0.39, 0.29) is 6.61 Å². The summed E-state index contributed by atoms with van der Waals surface area (Å²) in [6.07, 6.45) is 0. The molecule has 0 N–H and O–H groups in total. The number of rotatable bonds is 4. The number of methoxy groups -OCH3 is 1. The normalized spacial score (nSPS) is 8.67. The highest BCUT2D eigenvalue weighted by Crippen LogP contribution is 2.19. The van der Waals surface area contributed by atoms with Crippen LogP contribution < -0.4 is 9.47 Å². The van der Waals surface area contributed by atoms with Crippen molar-refractivity contribution >= 4 is 11.9 Å². The molecule has 0 aliphatic carbocycles. The van der Waals surface area contributed by atoms with Crippen LogP contribution in [0, 0.1) is 0 Å². The Morgan fingerprint density at radius 3 is 2.33 bits per heavy atom. The molecule has 0 saturated heterocycles. The lowest BCUT2D eigenvalue weighted by Gasteiger charge is -2.06. The molecule has 0 heterocycles. The van der Waals surface area contributed by atoms with Gasteiger partial charge < -0.3 is 14.2 Å². The molecule has 18 heavy (non-hydrogen) atoms. The second-order valence-electron chi connectivity index (χ2n) is 2.93. The van der Waals surface area contributed by atoms with Gasteiger partial charge in [0.2, 0.25) is 0 Å². The maximum absolute atomic E-state index is 10.8. The molecule has 0 unspecified atom stereocenters. The van der Waals surface area contributed by atoms with Gasteiger partial charge in [0, 0.05) is 13.0 Å². The van der Waals surface area contributed by atoms with E-state index in [4.69, 9.17) is 9.47 Å². The van der Waals surface area contributed by atoms with Gasteiger partial charge in [-0.3, -0.25) is 4.79 Å². The fourth-order valence-corrected chi connectivity index (χ4v) is 0.995. The summed E-state index contributed by atoms with van der Waals surface area (Å²) in [6.45, 7) is 5.13. The first-order chi connectivity index (χ1) is 8.61. The molecule has 0 fully saturated rings. The minimum absolute atomic E-state index is 0.181. The van der Waals surface area contributed by atoms with Gasteiger partial charge in [-0.2, -0.15) is 0 Å². The van der Waals surface area contributed by atoms with Crippen LogP contribution in [0.1, 0.15) is 20.8 Å². The van der Waals surface area contributed by atoms with Crippen molar-refractivity contribution in [3.8, 4) is 11.5 Å². The van der Waals surface area contributed by atoms with Gasteiger partial charge in [0.25, 0.3) is 0 Å². The van der Waals surface area contributed by atoms with Crippen molar-refractivity contribution in [1.82, 2.24) is 0 Å². The minimum atomic E-state index is -0.474. The summed E-state index contributed by atoms with van der Waals surface area (Å²) in [7, 11) is 1.28. The molecular weight excluding hydrogens is 236 g/mol. The zero-order chi connectivity index (χ0) is 14.0. The standard InChI is InChI=1S/C11H12O5.C2H6/c1-8(12)16-10-5-3-4-9(6-10)15-7-11(13)14-2;1-2/h3-6H,7H2,1-2H3;1-2H3. The summed E-state index contributed by atoms with van der Waals surface area (Å²) in [5, 5.41) is 0. The lowest BCUT2D eigenvalue weighted by Crippen LogP contribution is -2.12. The maximum Gasteiger partial charge on any atom is 0.343 e. The van der Waals surface area contributed by atoms with Crippen molar-refractivity contribution in [3.05, 3.63) is 24.3 Å². The molecule has 1 rings (SSSR count). The average molecular weight is 254 g/mol. The second kappa shape index (κ2) is 9.04. The van der Waals surface area contributed by atoms with Gasteiger partial charge in [0.1, 0.15) is 11.5 Å². The van der Waals surface area contributed by atoms with Crippen molar-refractivity contribution in [2.24, 2.45) is 0 Å². The molecule has 0 bridgehead atoms. The van der Waals surface area contributed by atoms with E-state index in [0.717, 1.165) is 0 Å². The van der Waals surface area contributed by atoms with Crippen LogP contribution >= 0.6 is 0 Å². The van der Waals surface area contributed by atoms with Gasteiger partial charge >= 0.3 is 11.9 Å². The fourth-order valence-electron chi connectivity index (χ4n) is 0.995. The number of carbonyl (C=O) groups excluding carboxylic acids is 2. The SMILES string of the molecule is CC.COC(=O)COc1cccc(OC(C)=O)c1. The Morgan fingerprint density at radius 1 is 1.17 bits per heavy atom. The van der Waals surface area contributed by atoms with Crippen molar-refractivity contribution in [3.63, 3.8) is 0 Å². The Balaban J connectivity index is 0.00000137. The van der Waals surface area contributed by atoms with E-state index < -0.39 is 11.9 Å². The molecule has 5 heteroatoms. The zero-order valence-corrected chi connectivity index (χ0v) is 11.1. The van der Waals surface area contributed by atoms with E-state index in [1.807, 2.05) is 13.8 Å². The van der Waals surface area contributed by atoms with Gasteiger partial charge in [-0.15, -0.1) is 0 Å². The van der Waals surface area contributed by atoms with Crippen LogP contribution in [0.5, 0.6) is 11.5 Å². The predicted molar refractivity (Wildman–Crippen MR) is 66.6 cm³/mol. The number of ether oxygens (including phenoxy) is 3. The van der Waals surface area contributed by atoms with Crippen molar-refractivity contribution in [1.29, 1.82) is 0 Å². The summed E-state index contributed by atoms with van der Waals surface area (Å²) in [6, 6.07) is 6.44. The van der Waals surface area contributed by atoms with Crippen LogP contribution in [0.2, 0.25) is 0 Å². The molecule has 0 spiro atoms. The lowest BCUT2D eigenvalue weighted by atomic mass is 10.3. The van der Waals surface area contributed by atoms with E-state index in [9.17, 15) is 9.59 Å². The average Bonchev–Trinajstić information content (AvgIpc) is 2.38. The quantitative estimate of drug-likeness (QED) is 0.608. The summed E-state index contributed by atoms with van der Waals surface area (Å²) < 4.78 is 14.4. The Bertz CT molecular complexity index is 387. The Morgan fingerprint density at radius 2 is 1.78 bits per heavy atom. The predicted octanol–water partition coefficient (Wildman–Crippen LogP) is 2.19. The van der Waals surface area contributed by atoms with E-state index in [1.54, 1.807) is 18.2 Å². The van der Waals surface area contributed by atoms with E-state index in [1.165, 1.54) is 20.1 Å². The van der Waals surface area contributed by atoms with Gasteiger partial charge in [0.05, 0.1) is 7.11 Å². The number of hydrogen-bond donors (Lipinski definition) is 0. The lowest BCUT2D eigenvalue weighted by molar-refractivity contribution is -0.143. The van der Waals surface area contributed by atoms with Crippen molar-refractivity contribution in [2.45, 2.75) is 20.8 Å². The van der Waals surface area contributed by atoms with Crippen molar-refractivity contribution in [2.75, 3.05) is 13.7 Å². The Kier molecular flexibility index (Phi) is 8.01. The molecule has 0 aromatic heterocycles. The van der Waals surface area contributed by atoms with E-state index >= 15 is 0 Å². The highest BCUT2D eigenvalue weighted by atomic mass is 16.6. The molecule has 0 aliphatic heterocycles. The van der Waals surface area contributed by atoms with E-state index in [2.05, 4.69) is 4.74 Å². The van der Waals surface area contributed by atoms with Crippen LogP contribution in [0.15, 0.2) is 24.3 Å². The number of hydrogen-bond acceptors (Lipinski definition) is 5. The minimum Gasteiger partial charge on any atom is -0.482 e. The molecule has 100 valence electrons. The molecule has 0 aliphatic rings. The first-order valence-electron chi connectivity index (χ1n) is 5.60. The van der Waals surface area contributed by atoms with Crippen LogP contribution in [-0.2, 0) is 14.3 Å². The van der Waals surface area contributed by atoms with Crippen LogP contribution in [0.3, 0.4) is 0 Å². The summed E-state index contributed by atoms with van der Waals surface area (Å²) in [4.78, 5) is 21.5. The van der Waals surface area contributed by atoms with Crippen LogP contribution in [0.4, 0.5) is 0 Å². The highest BCUT2D eigenvalue weighted by molar-refractivity contribution is 5.71. The smallest absolute Gasteiger partial charge is 0.343 e. The Hall–Kier alpha value is -2.04. The van der Waals surface area contributed by atoms with Crippen LogP contribution in [0.25, 0.3) is 0 Å². The number of carbonyl (C=O) groups is 2. The van der Waals surface area contributed by atoms with Gasteiger partial charge in [-0.05, 0) is 12.1 Å². The maximum atomic E-state index is 10.8. The summed E-state index contributed by atoms with van der Waals surface area (Å²) in [5.41, 5.74) is 0.